The number of amides is 2. The molecule has 0 heterocycles. The lowest BCUT2D eigenvalue weighted by Gasteiger charge is -2.20. The predicted octanol–water partition coefficient (Wildman–Crippen LogP) is 1.01. The first-order valence-corrected chi connectivity index (χ1v) is 6.25. The van der Waals surface area contributed by atoms with Gasteiger partial charge in [0.05, 0.1) is 12.6 Å². The van der Waals surface area contributed by atoms with Gasteiger partial charge in [0.1, 0.15) is 6.04 Å². The lowest BCUT2D eigenvalue weighted by atomic mass is 10.1. The molecule has 0 bridgehead atoms. The van der Waals surface area contributed by atoms with E-state index in [4.69, 9.17) is 11.6 Å². The van der Waals surface area contributed by atoms with E-state index in [1.807, 2.05) is 0 Å². The number of hydrogen-bond donors (Lipinski definition) is 3. The Labute approximate surface area is 117 Å². The number of aliphatic hydroxyl groups is 1. The van der Waals surface area contributed by atoms with Crippen molar-refractivity contribution in [3.05, 3.63) is 34.9 Å². The van der Waals surface area contributed by atoms with E-state index in [1.165, 1.54) is 6.92 Å². The largest absolute Gasteiger partial charge is 0.394 e. The molecule has 0 radical (unpaired) electrons. The van der Waals surface area contributed by atoms with E-state index in [1.54, 1.807) is 31.2 Å². The Morgan fingerprint density at radius 3 is 2.32 bits per heavy atom. The van der Waals surface area contributed by atoms with Gasteiger partial charge in [-0.05, 0) is 24.6 Å². The van der Waals surface area contributed by atoms with Crippen LogP contribution in [0.3, 0.4) is 0 Å². The molecule has 104 valence electrons. The second-order valence-electron chi connectivity index (χ2n) is 4.22. The molecule has 0 aliphatic rings. The number of carbonyl (C=O) groups is 2. The van der Waals surface area contributed by atoms with Gasteiger partial charge in [-0.1, -0.05) is 23.7 Å². The molecule has 0 aliphatic heterocycles. The van der Waals surface area contributed by atoms with Crippen molar-refractivity contribution >= 4 is 23.4 Å². The summed E-state index contributed by atoms with van der Waals surface area (Å²) in [5.41, 5.74) is 0.746. The fraction of sp³-hybridized carbons (Fsp3) is 0.385. The molecule has 1 aromatic rings. The van der Waals surface area contributed by atoms with Gasteiger partial charge in [0.25, 0.3) is 0 Å². The van der Waals surface area contributed by atoms with Crippen LogP contribution in [0.4, 0.5) is 0 Å². The van der Waals surface area contributed by atoms with E-state index >= 15 is 0 Å². The van der Waals surface area contributed by atoms with Gasteiger partial charge in [0, 0.05) is 11.9 Å². The van der Waals surface area contributed by atoms with Crippen LogP contribution in [-0.4, -0.2) is 29.6 Å². The second kappa shape index (κ2) is 7.11. The summed E-state index contributed by atoms with van der Waals surface area (Å²) in [6.45, 7) is 2.68. The number of nitrogens with one attached hydrogen (secondary N) is 2. The fourth-order valence-electron chi connectivity index (χ4n) is 1.60. The maximum Gasteiger partial charge on any atom is 0.242 e. The highest BCUT2D eigenvalue weighted by Crippen LogP contribution is 2.16. The molecule has 0 aromatic heterocycles. The summed E-state index contributed by atoms with van der Waals surface area (Å²) in [5, 5.41) is 15.0. The lowest BCUT2D eigenvalue weighted by molar-refractivity contribution is -0.128. The Morgan fingerprint density at radius 1 is 1.26 bits per heavy atom. The van der Waals surface area contributed by atoms with E-state index in [-0.39, 0.29) is 18.4 Å². The van der Waals surface area contributed by atoms with Gasteiger partial charge in [0.2, 0.25) is 11.8 Å². The summed E-state index contributed by atoms with van der Waals surface area (Å²) in [4.78, 5) is 22.7. The monoisotopic (exact) mass is 284 g/mol. The van der Waals surface area contributed by atoms with Crippen molar-refractivity contribution in [3.63, 3.8) is 0 Å². The number of benzene rings is 1. The molecule has 1 rings (SSSR count). The highest BCUT2D eigenvalue weighted by molar-refractivity contribution is 6.30. The van der Waals surface area contributed by atoms with Crippen LogP contribution in [0.5, 0.6) is 0 Å². The number of aliphatic hydroxyl groups excluding tert-OH is 1. The Bertz CT molecular complexity index is 448. The highest BCUT2D eigenvalue weighted by atomic mass is 35.5. The molecule has 0 fully saturated rings. The molecule has 6 heteroatoms. The number of carbonyl (C=O) groups excluding carboxylic acids is 2. The van der Waals surface area contributed by atoms with Crippen molar-refractivity contribution in [2.75, 3.05) is 6.61 Å². The molecular formula is C13H17ClN2O3. The van der Waals surface area contributed by atoms with Gasteiger partial charge in [-0.15, -0.1) is 0 Å². The third-order valence-corrected chi connectivity index (χ3v) is 2.84. The molecule has 2 atom stereocenters. The van der Waals surface area contributed by atoms with Crippen molar-refractivity contribution in [1.82, 2.24) is 10.6 Å². The zero-order chi connectivity index (χ0) is 14.4. The standard InChI is InChI=1S/C13H17ClN2O3/c1-8(15-9(2)18)13(19)16-12(7-17)10-3-5-11(14)6-4-10/h3-6,8,12,17H,7H2,1-2H3,(H,15,18)(H,16,19). The molecule has 2 unspecified atom stereocenters. The minimum Gasteiger partial charge on any atom is -0.394 e. The van der Waals surface area contributed by atoms with Crippen LogP contribution in [0, 0.1) is 0 Å². The van der Waals surface area contributed by atoms with Crippen LogP contribution in [-0.2, 0) is 9.59 Å². The van der Waals surface area contributed by atoms with Gasteiger partial charge in [0.15, 0.2) is 0 Å². The molecule has 2 amide bonds. The van der Waals surface area contributed by atoms with E-state index in [0.717, 1.165) is 5.56 Å². The maximum atomic E-state index is 11.8. The molecule has 0 aliphatic carbocycles. The van der Waals surface area contributed by atoms with Crippen LogP contribution in [0.1, 0.15) is 25.5 Å². The third-order valence-electron chi connectivity index (χ3n) is 2.58. The van der Waals surface area contributed by atoms with E-state index in [2.05, 4.69) is 10.6 Å². The first-order valence-electron chi connectivity index (χ1n) is 5.88. The topological polar surface area (TPSA) is 78.4 Å². The van der Waals surface area contributed by atoms with E-state index in [9.17, 15) is 14.7 Å². The minimum atomic E-state index is -0.654. The zero-order valence-corrected chi connectivity index (χ0v) is 11.6. The van der Waals surface area contributed by atoms with Crippen LogP contribution < -0.4 is 10.6 Å². The quantitative estimate of drug-likeness (QED) is 0.755. The molecular weight excluding hydrogens is 268 g/mol. The summed E-state index contributed by atoms with van der Waals surface area (Å²) in [7, 11) is 0. The number of halogens is 1. The SMILES string of the molecule is CC(=O)NC(C)C(=O)NC(CO)c1ccc(Cl)cc1. The molecule has 0 saturated carbocycles. The van der Waals surface area contributed by atoms with E-state index in [0.29, 0.717) is 5.02 Å². The second-order valence-corrected chi connectivity index (χ2v) is 4.65. The summed E-state index contributed by atoms with van der Waals surface area (Å²) in [5.74, 6) is -0.640. The Morgan fingerprint density at radius 2 is 1.84 bits per heavy atom. The van der Waals surface area contributed by atoms with Crippen molar-refractivity contribution in [1.29, 1.82) is 0 Å². The average molecular weight is 285 g/mol. The molecule has 19 heavy (non-hydrogen) atoms. The minimum absolute atomic E-state index is 0.236. The van der Waals surface area contributed by atoms with Gasteiger partial charge < -0.3 is 15.7 Å². The summed E-state index contributed by atoms with van der Waals surface area (Å²) in [6, 6.07) is 5.64. The van der Waals surface area contributed by atoms with Crippen molar-refractivity contribution in [3.8, 4) is 0 Å². The first kappa shape index (κ1) is 15.5. The van der Waals surface area contributed by atoms with Gasteiger partial charge in [-0.3, -0.25) is 9.59 Å². The number of rotatable bonds is 5. The lowest BCUT2D eigenvalue weighted by Crippen LogP contribution is -2.45. The summed E-state index contributed by atoms with van der Waals surface area (Å²) in [6.07, 6.45) is 0. The highest BCUT2D eigenvalue weighted by Gasteiger charge is 2.18. The van der Waals surface area contributed by atoms with Crippen LogP contribution in [0.25, 0.3) is 0 Å². The van der Waals surface area contributed by atoms with Crippen LogP contribution in [0.15, 0.2) is 24.3 Å². The van der Waals surface area contributed by atoms with Gasteiger partial charge in [-0.25, -0.2) is 0 Å². The Kier molecular flexibility index (Phi) is 5.79. The molecule has 0 spiro atoms. The van der Waals surface area contributed by atoms with Crippen molar-refractivity contribution in [2.45, 2.75) is 25.9 Å². The molecule has 1 aromatic carbocycles. The van der Waals surface area contributed by atoms with Gasteiger partial charge >= 0.3 is 0 Å². The fourth-order valence-corrected chi connectivity index (χ4v) is 1.72. The Balaban J connectivity index is 2.69. The van der Waals surface area contributed by atoms with E-state index < -0.39 is 12.1 Å². The van der Waals surface area contributed by atoms with Crippen LogP contribution >= 0.6 is 11.6 Å². The summed E-state index contributed by atoms with van der Waals surface area (Å²) >= 11 is 5.78. The average Bonchev–Trinajstić information content (AvgIpc) is 2.36. The first-order chi connectivity index (χ1) is 8.93. The zero-order valence-electron chi connectivity index (χ0n) is 10.8. The molecule has 3 N–H and O–H groups in total. The normalized spacial score (nSPS) is 13.5. The van der Waals surface area contributed by atoms with Gasteiger partial charge in [-0.2, -0.15) is 0 Å². The molecule has 0 saturated heterocycles. The maximum absolute atomic E-state index is 11.8. The predicted molar refractivity (Wildman–Crippen MR) is 72.7 cm³/mol. The van der Waals surface area contributed by atoms with Crippen molar-refractivity contribution in [2.24, 2.45) is 0 Å². The summed E-state index contributed by atoms with van der Waals surface area (Å²) < 4.78 is 0. The molecule has 5 nitrogen and oxygen atoms in total. The number of hydrogen-bond acceptors (Lipinski definition) is 3. The van der Waals surface area contributed by atoms with Crippen molar-refractivity contribution < 1.29 is 14.7 Å². The Hall–Kier alpha value is -1.59. The van der Waals surface area contributed by atoms with Crippen LogP contribution in [0.2, 0.25) is 5.02 Å². The third kappa shape index (κ3) is 4.89. The smallest absolute Gasteiger partial charge is 0.242 e.